The number of rotatable bonds is 6. The molecular formula is C16H25ClN4O3. The summed E-state index contributed by atoms with van der Waals surface area (Å²) in [5.74, 6) is -0.833. The third kappa shape index (κ3) is 6.55. The van der Waals surface area contributed by atoms with E-state index in [4.69, 9.17) is 5.73 Å². The smallest absolute Gasteiger partial charge is 0.253 e. The molecule has 1 rings (SSSR count). The largest absolute Gasteiger partial charge is 0.346 e. The Bertz CT molecular complexity index is 573. The molecule has 0 unspecified atom stereocenters. The highest BCUT2D eigenvalue weighted by Crippen LogP contribution is 2.10. The van der Waals surface area contributed by atoms with E-state index in [1.165, 1.54) is 4.90 Å². The van der Waals surface area contributed by atoms with Gasteiger partial charge >= 0.3 is 0 Å². The van der Waals surface area contributed by atoms with Crippen LogP contribution in [0.1, 0.15) is 24.2 Å². The number of anilines is 1. The van der Waals surface area contributed by atoms with E-state index in [0.717, 1.165) is 0 Å². The van der Waals surface area contributed by atoms with Gasteiger partial charge < -0.3 is 21.3 Å². The molecule has 0 aliphatic carbocycles. The fraction of sp³-hybridized carbons (Fsp3) is 0.438. The summed E-state index contributed by atoms with van der Waals surface area (Å²) < 4.78 is 0. The van der Waals surface area contributed by atoms with Gasteiger partial charge in [0.15, 0.2) is 0 Å². The van der Waals surface area contributed by atoms with E-state index < -0.39 is 6.04 Å². The third-order valence-electron chi connectivity index (χ3n) is 3.27. The SMILES string of the molecule is CC(C)[C@H](N)C(=O)NCC(=O)Nc1ccc(C(=O)N(C)C)cc1.Cl. The number of nitrogens with two attached hydrogens (primary N) is 1. The van der Waals surface area contributed by atoms with Crippen LogP contribution in [0.3, 0.4) is 0 Å². The second-order valence-electron chi connectivity index (χ2n) is 5.81. The average Bonchev–Trinajstić information content (AvgIpc) is 2.51. The van der Waals surface area contributed by atoms with E-state index >= 15 is 0 Å². The maximum Gasteiger partial charge on any atom is 0.253 e. The molecule has 0 fully saturated rings. The molecule has 0 spiro atoms. The topological polar surface area (TPSA) is 105 Å². The summed E-state index contributed by atoms with van der Waals surface area (Å²) in [5, 5.41) is 5.13. The Balaban J connectivity index is 0.00000529. The zero-order valence-electron chi connectivity index (χ0n) is 14.3. The first kappa shape index (κ1) is 21.9. The van der Waals surface area contributed by atoms with Gasteiger partial charge in [0.25, 0.3) is 5.91 Å². The number of hydrogen-bond donors (Lipinski definition) is 3. The van der Waals surface area contributed by atoms with Crippen LogP contribution in [0.2, 0.25) is 0 Å². The predicted octanol–water partition coefficient (Wildman–Crippen LogP) is 0.848. The van der Waals surface area contributed by atoms with Crippen LogP contribution in [0.15, 0.2) is 24.3 Å². The third-order valence-corrected chi connectivity index (χ3v) is 3.27. The molecule has 1 aromatic rings. The summed E-state index contributed by atoms with van der Waals surface area (Å²) in [6, 6.07) is 5.89. The Hall–Kier alpha value is -2.12. The molecule has 0 saturated heterocycles. The molecule has 0 bridgehead atoms. The van der Waals surface area contributed by atoms with Gasteiger partial charge in [-0.2, -0.15) is 0 Å². The highest BCUT2D eigenvalue weighted by molar-refractivity contribution is 5.97. The van der Waals surface area contributed by atoms with Crippen molar-refractivity contribution in [3.05, 3.63) is 29.8 Å². The molecule has 0 aromatic heterocycles. The first-order chi connectivity index (χ1) is 10.7. The number of hydrogen-bond acceptors (Lipinski definition) is 4. The standard InChI is InChI=1S/C16H24N4O3.ClH/c1-10(2)14(17)15(22)18-9-13(21)19-12-7-5-11(6-8-12)16(23)20(3)4;/h5-8,10,14H,9,17H2,1-4H3,(H,18,22)(H,19,21);1H/t14-;/m0./s1. The molecule has 1 aromatic carbocycles. The number of halogens is 1. The fourth-order valence-corrected chi connectivity index (χ4v) is 1.75. The molecule has 0 aliphatic rings. The normalized spacial score (nSPS) is 11.2. The minimum absolute atomic E-state index is 0. The van der Waals surface area contributed by atoms with Gasteiger partial charge in [-0.05, 0) is 30.2 Å². The van der Waals surface area contributed by atoms with E-state index in [1.807, 2.05) is 13.8 Å². The van der Waals surface area contributed by atoms with E-state index in [2.05, 4.69) is 10.6 Å². The molecule has 1 atom stereocenters. The summed E-state index contributed by atoms with van der Waals surface area (Å²) in [6.07, 6.45) is 0. The van der Waals surface area contributed by atoms with Gasteiger partial charge in [-0.3, -0.25) is 14.4 Å². The number of carbonyl (C=O) groups is 3. The number of amides is 3. The highest BCUT2D eigenvalue weighted by Gasteiger charge is 2.17. The predicted molar refractivity (Wildman–Crippen MR) is 96.2 cm³/mol. The molecule has 8 heteroatoms. The lowest BCUT2D eigenvalue weighted by molar-refractivity contribution is -0.125. The zero-order chi connectivity index (χ0) is 17.6. The fourth-order valence-electron chi connectivity index (χ4n) is 1.75. The number of nitrogens with one attached hydrogen (secondary N) is 2. The molecule has 3 amide bonds. The van der Waals surface area contributed by atoms with Crippen LogP contribution < -0.4 is 16.4 Å². The summed E-state index contributed by atoms with van der Waals surface area (Å²) in [4.78, 5) is 36.7. The Morgan fingerprint density at radius 3 is 2.12 bits per heavy atom. The summed E-state index contributed by atoms with van der Waals surface area (Å²) in [6.45, 7) is 3.51. The molecule has 7 nitrogen and oxygen atoms in total. The monoisotopic (exact) mass is 356 g/mol. The van der Waals surface area contributed by atoms with Gasteiger partial charge in [0, 0.05) is 25.3 Å². The minimum atomic E-state index is -0.640. The first-order valence-corrected chi connectivity index (χ1v) is 7.37. The van der Waals surface area contributed by atoms with Gasteiger partial charge in [-0.25, -0.2) is 0 Å². The second-order valence-corrected chi connectivity index (χ2v) is 5.81. The van der Waals surface area contributed by atoms with E-state index in [0.29, 0.717) is 11.3 Å². The number of carbonyl (C=O) groups excluding carboxylic acids is 3. The van der Waals surface area contributed by atoms with Gasteiger partial charge in [0.05, 0.1) is 12.6 Å². The van der Waals surface area contributed by atoms with Crippen LogP contribution in [0, 0.1) is 5.92 Å². The lowest BCUT2D eigenvalue weighted by atomic mass is 10.1. The van der Waals surface area contributed by atoms with Crippen molar-refractivity contribution in [2.24, 2.45) is 11.7 Å². The van der Waals surface area contributed by atoms with Crippen molar-refractivity contribution >= 4 is 35.8 Å². The summed E-state index contributed by atoms with van der Waals surface area (Å²) in [5.41, 5.74) is 6.77. The molecule has 4 N–H and O–H groups in total. The molecule has 0 radical (unpaired) electrons. The Labute approximate surface area is 148 Å². The Morgan fingerprint density at radius 2 is 1.67 bits per heavy atom. The van der Waals surface area contributed by atoms with Gasteiger partial charge in [0.1, 0.15) is 0 Å². The summed E-state index contributed by atoms with van der Waals surface area (Å²) >= 11 is 0. The average molecular weight is 357 g/mol. The molecule has 0 aliphatic heterocycles. The number of benzene rings is 1. The van der Waals surface area contributed by atoms with Gasteiger partial charge in [0.2, 0.25) is 11.8 Å². The molecule has 24 heavy (non-hydrogen) atoms. The lowest BCUT2D eigenvalue weighted by Crippen LogP contribution is -2.46. The van der Waals surface area contributed by atoms with Crippen molar-refractivity contribution < 1.29 is 14.4 Å². The molecule has 134 valence electrons. The number of nitrogens with zero attached hydrogens (tertiary/aromatic N) is 1. The first-order valence-electron chi connectivity index (χ1n) is 7.37. The van der Waals surface area contributed by atoms with E-state index in [9.17, 15) is 14.4 Å². The van der Waals surface area contributed by atoms with Crippen LogP contribution >= 0.6 is 12.4 Å². The van der Waals surface area contributed by atoms with E-state index in [-0.39, 0.29) is 42.6 Å². The molecule has 0 heterocycles. The van der Waals surface area contributed by atoms with Crippen LogP contribution in [-0.2, 0) is 9.59 Å². The second kappa shape index (κ2) is 9.89. The Morgan fingerprint density at radius 1 is 1.12 bits per heavy atom. The highest BCUT2D eigenvalue weighted by atomic mass is 35.5. The van der Waals surface area contributed by atoms with Crippen molar-refractivity contribution in [1.82, 2.24) is 10.2 Å². The maximum absolute atomic E-state index is 11.8. The van der Waals surface area contributed by atoms with Crippen LogP contribution in [0.25, 0.3) is 0 Å². The van der Waals surface area contributed by atoms with Crippen LogP contribution in [-0.4, -0.2) is 49.3 Å². The van der Waals surface area contributed by atoms with Crippen LogP contribution in [0.5, 0.6) is 0 Å². The van der Waals surface area contributed by atoms with Crippen molar-refractivity contribution in [2.45, 2.75) is 19.9 Å². The lowest BCUT2D eigenvalue weighted by Gasteiger charge is -2.15. The van der Waals surface area contributed by atoms with Crippen molar-refractivity contribution in [1.29, 1.82) is 0 Å². The Kier molecular flexibility index (Phi) is 9.02. The summed E-state index contributed by atoms with van der Waals surface area (Å²) in [7, 11) is 3.34. The van der Waals surface area contributed by atoms with Crippen molar-refractivity contribution in [3.63, 3.8) is 0 Å². The van der Waals surface area contributed by atoms with E-state index in [1.54, 1.807) is 38.4 Å². The van der Waals surface area contributed by atoms with Crippen molar-refractivity contribution in [2.75, 3.05) is 26.0 Å². The van der Waals surface area contributed by atoms with Crippen LogP contribution in [0.4, 0.5) is 5.69 Å². The van der Waals surface area contributed by atoms with Gasteiger partial charge in [-0.1, -0.05) is 13.8 Å². The van der Waals surface area contributed by atoms with Gasteiger partial charge in [-0.15, -0.1) is 12.4 Å². The minimum Gasteiger partial charge on any atom is -0.346 e. The maximum atomic E-state index is 11.8. The zero-order valence-corrected chi connectivity index (χ0v) is 15.1. The van der Waals surface area contributed by atoms with Crippen molar-refractivity contribution in [3.8, 4) is 0 Å². The molecular weight excluding hydrogens is 332 g/mol. The molecule has 0 saturated carbocycles. The quantitative estimate of drug-likeness (QED) is 0.702.